The van der Waals surface area contributed by atoms with Gasteiger partial charge in [0.2, 0.25) is 0 Å². The van der Waals surface area contributed by atoms with Crippen molar-refractivity contribution >= 4 is 34.5 Å². The van der Waals surface area contributed by atoms with Crippen LogP contribution in [0.25, 0.3) is 11.2 Å². The number of aliphatic hydroxyl groups excluding tert-OH is 1. The van der Waals surface area contributed by atoms with Crippen molar-refractivity contribution in [2.45, 2.75) is 69.2 Å². The molecule has 0 aromatic carbocycles. The second kappa shape index (κ2) is 9.19. The van der Waals surface area contributed by atoms with Crippen LogP contribution in [-0.4, -0.2) is 72.1 Å². The second-order valence-corrected chi connectivity index (χ2v) is 8.63. The molecule has 3 unspecified atom stereocenters. The first-order valence-electron chi connectivity index (χ1n) is 9.36. The third-order valence-corrected chi connectivity index (χ3v) is 5.64. The monoisotopic (exact) mass is 431 g/mol. The molecule has 2 aromatic heterocycles. The van der Waals surface area contributed by atoms with Gasteiger partial charge in [-0.3, -0.25) is 0 Å². The van der Waals surface area contributed by atoms with Gasteiger partial charge in [0.1, 0.15) is 0 Å². The highest BCUT2D eigenvalue weighted by Gasteiger charge is 2.41. The minimum atomic E-state index is -1.31. The zero-order valence-electron chi connectivity index (χ0n) is 16.2. The van der Waals surface area contributed by atoms with Gasteiger partial charge in [-0.05, 0) is 26.7 Å². The molecule has 0 saturated heterocycles. The van der Waals surface area contributed by atoms with Gasteiger partial charge in [-0.25, -0.2) is 14.6 Å². The first kappa shape index (κ1) is 21.7. The van der Waals surface area contributed by atoms with Crippen molar-refractivity contribution in [3.63, 3.8) is 0 Å². The Morgan fingerprint density at radius 3 is 2.79 bits per heavy atom. The Morgan fingerprint density at radius 1 is 1.32 bits per heavy atom. The van der Waals surface area contributed by atoms with E-state index in [-0.39, 0.29) is 36.6 Å². The number of nitrogens with zero attached hydrogens (tertiary/aromatic N) is 5. The van der Waals surface area contributed by atoms with E-state index in [0.29, 0.717) is 29.2 Å². The lowest BCUT2D eigenvalue weighted by molar-refractivity contribution is -0.212. The summed E-state index contributed by atoms with van der Waals surface area (Å²) >= 11 is 7.82. The van der Waals surface area contributed by atoms with Gasteiger partial charge in [-0.15, -0.1) is 5.10 Å². The molecule has 0 bridgehead atoms. The van der Waals surface area contributed by atoms with Gasteiger partial charge in [-0.1, -0.05) is 35.5 Å². The lowest BCUT2D eigenvalue weighted by Crippen LogP contribution is -2.33. The number of halogens is 1. The zero-order chi connectivity index (χ0) is 20.3. The summed E-state index contributed by atoms with van der Waals surface area (Å²) in [6.45, 7) is 5.46. The number of aromatic nitrogens is 5. The molecule has 2 aromatic rings. The smallest absolute Gasteiger partial charge is 0.191 e. The molecule has 1 aliphatic carbocycles. The minimum absolute atomic E-state index is 0.0503. The van der Waals surface area contributed by atoms with Crippen LogP contribution in [0.5, 0.6) is 0 Å². The first-order valence-corrected chi connectivity index (χ1v) is 10.7. The molecule has 1 aliphatic rings. The van der Waals surface area contributed by atoms with E-state index in [1.165, 1.54) is 11.8 Å². The molecule has 2 heterocycles. The first-order chi connectivity index (χ1) is 13.3. The average Bonchev–Trinajstić information content (AvgIpc) is 3.20. The molecular weight excluding hydrogens is 406 g/mol. The van der Waals surface area contributed by atoms with E-state index in [2.05, 4.69) is 27.2 Å². The van der Waals surface area contributed by atoms with Crippen molar-refractivity contribution in [2.75, 3.05) is 19.0 Å². The van der Waals surface area contributed by atoms with Crippen LogP contribution >= 0.6 is 23.4 Å². The highest BCUT2D eigenvalue weighted by atomic mass is 35.5. The molecule has 3 rings (SSSR count). The van der Waals surface area contributed by atoms with E-state index in [1.54, 1.807) is 18.5 Å². The van der Waals surface area contributed by atoms with Gasteiger partial charge in [0.15, 0.2) is 27.3 Å². The van der Waals surface area contributed by atoms with Gasteiger partial charge in [0.05, 0.1) is 31.5 Å². The lowest BCUT2D eigenvalue weighted by atomic mass is 10.2. The highest BCUT2D eigenvalue weighted by Crippen LogP contribution is 2.38. The number of ether oxygens (including phenoxy) is 2. The second-order valence-electron chi connectivity index (χ2n) is 7.21. The topological polar surface area (TPSA) is 115 Å². The minimum Gasteiger partial charge on any atom is -0.394 e. The van der Waals surface area contributed by atoms with Gasteiger partial charge < -0.3 is 19.7 Å². The number of rotatable bonds is 9. The Balaban J connectivity index is 1.93. The molecule has 2 N–H and O–H groups in total. The average molecular weight is 432 g/mol. The van der Waals surface area contributed by atoms with Crippen LogP contribution in [0, 0.1) is 0 Å². The van der Waals surface area contributed by atoms with E-state index >= 15 is 0 Å². The van der Waals surface area contributed by atoms with Crippen LogP contribution < -0.4 is 0 Å². The fourth-order valence-corrected chi connectivity index (χ4v) is 4.25. The normalized spacial score (nSPS) is 23.0. The lowest BCUT2D eigenvalue weighted by Gasteiger charge is -2.27. The fourth-order valence-electron chi connectivity index (χ4n) is 3.30. The molecule has 28 heavy (non-hydrogen) atoms. The molecule has 9 nitrogen and oxygen atoms in total. The van der Waals surface area contributed by atoms with E-state index in [9.17, 15) is 5.11 Å². The Kier molecular flexibility index (Phi) is 7.11. The van der Waals surface area contributed by atoms with Gasteiger partial charge >= 0.3 is 0 Å². The fraction of sp³-hybridized carbons (Fsp3) is 0.765. The van der Waals surface area contributed by atoms with E-state index in [4.69, 9.17) is 26.2 Å². The van der Waals surface area contributed by atoms with E-state index < -0.39 is 5.79 Å². The van der Waals surface area contributed by atoms with Crippen LogP contribution in [0.4, 0.5) is 0 Å². The molecule has 3 atom stereocenters. The van der Waals surface area contributed by atoms with Crippen LogP contribution in [0.1, 0.15) is 46.1 Å². The van der Waals surface area contributed by atoms with Gasteiger partial charge in [0.25, 0.3) is 0 Å². The number of thioether (sulfide) groups is 1. The Hall–Kier alpha value is -1.04. The predicted octanol–water partition coefficient (Wildman–Crippen LogP) is 2.20. The third-order valence-electron chi connectivity index (χ3n) is 4.32. The summed E-state index contributed by atoms with van der Waals surface area (Å²) in [5.41, 5.74) is 0.972. The van der Waals surface area contributed by atoms with Crippen molar-refractivity contribution in [1.82, 2.24) is 25.0 Å². The molecule has 0 aliphatic heterocycles. The zero-order valence-corrected chi connectivity index (χ0v) is 17.8. The molecule has 1 fully saturated rings. The largest absolute Gasteiger partial charge is 0.394 e. The Labute approximate surface area is 172 Å². The van der Waals surface area contributed by atoms with Crippen LogP contribution in [0.15, 0.2) is 5.16 Å². The van der Waals surface area contributed by atoms with Gasteiger partial charge in [-0.2, -0.15) is 0 Å². The molecule has 0 radical (unpaired) electrons. The van der Waals surface area contributed by atoms with Crippen molar-refractivity contribution in [3.8, 4) is 0 Å². The maximum atomic E-state index is 10.2. The van der Waals surface area contributed by atoms with Crippen LogP contribution in [0.2, 0.25) is 5.15 Å². The Morgan fingerprint density at radius 2 is 2.11 bits per heavy atom. The summed E-state index contributed by atoms with van der Waals surface area (Å²) in [4.78, 5) is 8.89. The summed E-state index contributed by atoms with van der Waals surface area (Å²) in [6, 6.07) is -0.241. The summed E-state index contributed by atoms with van der Waals surface area (Å²) in [6.07, 6.45) is 1.67. The maximum absolute atomic E-state index is 10.2. The Bertz CT molecular complexity index is 800. The molecule has 156 valence electrons. The number of aliphatic hydroxyl groups is 2. The maximum Gasteiger partial charge on any atom is 0.191 e. The van der Waals surface area contributed by atoms with E-state index in [1.807, 2.05) is 0 Å². The molecule has 11 heteroatoms. The van der Waals surface area contributed by atoms with Gasteiger partial charge in [0, 0.05) is 12.2 Å². The van der Waals surface area contributed by atoms with Crippen molar-refractivity contribution in [1.29, 1.82) is 0 Å². The summed E-state index contributed by atoms with van der Waals surface area (Å²) in [5, 5.41) is 28.5. The predicted molar refractivity (Wildman–Crippen MR) is 105 cm³/mol. The molecule has 0 amide bonds. The van der Waals surface area contributed by atoms with E-state index in [0.717, 1.165) is 12.2 Å². The highest BCUT2D eigenvalue weighted by molar-refractivity contribution is 7.99. The summed E-state index contributed by atoms with van der Waals surface area (Å²) in [7, 11) is 0. The van der Waals surface area contributed by atoms with Crippen LogP contribution in [-0.2, 0) is 9.47 Å². The van der Waals surface area contributed by atoms with Crippen molar-refractivity contribution in [2.24, 2.45) is 0 Å². The SMILES string of the molecule is CCCSc1nc(Cl)c2nnn(C3CC(OCCO)CC3OC(C)(C)O)c2n1. The van der Waals surface area contributed by atoms with Crippen LogP contribution in [0.3, 0.4) is 0 Å². The van der Waals surface area contributed by atoms with Crippen molar-refractivity contribution < 1.29 is 19.7 Å². The number of hydrogen-bond donors (Lipinski definition) is 2. The third kappa shape index (κ3) is 5.11. The quantitative estimate of drug-likeness (QED) is 0.266. The molecule has 1 saturated carbocycles. The summed E-state index contributed by atoms with van der Waals surface area (Å²) in [5.74, 6) is -0.422. The molecule has 0 spiro atoms. The number of fused-ring (bicyclic) bond motifs is 1. The van der Waals surface area contributed by atoms with Crippen molar-refractivity contribution in [3.05, 3.63) is 5.15 Å². The number of hydrogen-bond acceptors (Lipinski definition) is 9. The summed E-state index contributed by atoms with van der Waals surface area (Å²) < 4.78 is 13.3. The standard InChI is InChI=1S/C17H26ClN5O4S/c1-4-7-28-16-19-14(18)13-15(20-16)23(22-21-13)11-8-10(26-6-5-24)9-12(11)27-17(2,3)25/h10-12,24-25H,4-9H2,1-3H3. The molecular formula is C17H26ClN5O4S.